The van der Waals surface area contributed by atoms with E-state index in [9.17, 15) is 0 Å². The highest BCUT2D eigenvalue weighted by Crippen LogP contribution is 2.27. The van der Waals surface area contributed by atoms with E-state index >= 15 is 0 Å². The summed E-state index contributed by atoms with van der Waals surface area (Å²) < 4.78 is 11.8. The summed E-state index contributed by atoms with van der Waals surface area (Å²) in [7, 11) is 1.77. The third kappa shape index (κ3) is 3.48. The minimum Gasteiger partial charge on any atom is -0.491 e. The molecule has 0 saturated carbocycles. The summed E-state index contributed by atoms with van der Waals surface area (Å²) in [6.45, 7) is 5.31. The number of hydrogen-bond acceptors (Lipinski definition) is 4. The van der Waals surface area contributed by atoms with Crippen molar-refractivity contribution in [3.8, 4) is 5.75 Å². The molecular weight excluding hydrogens is 278 g/mol. The fourth-order valence-electron chi connectivity index (χ4n) is 2.92. The van der Waals surface area contributed by atoms with Gasteiger partial charge in [0.05, 0.1) is 6.54 Å². The Balaban J connectivity index is 1.58. The average molecular weight is 301 g/mol. The normalized spacial score (nSPS) is 22.1. The maximum atomic E-state index is 5.97. The third-order valence-corrected chi connectivity index (χ3v) is 4.25. The van der Waals surface area contributed by atoms with Gasteiger partial charge in [-0.05, 0) is 31.0 Å². The lowest BCUT2D eigenvalue weighted by Crippen LogP contribution is -2.41. The number of methoxy groups -OCH3 is 1. The zero-order valence-corrected chi connectivity index (χ0v) is 13.2. The molecule has 0 bridgehead atoms. The molecule has 5 nitrogen and oxygen atoms in total. The standard InChI is InChI=1S/C17H23N3O2/c1-14-4-3-5-15(10-14)22-13-17(21-2)6-9-20(12-17)11-16-18-7-8-19-16/h3-5,7-8,10H,6,9,11-13H2,1-2H3,(H,18,19)/t17-/m1/s1. The van der Waals surface area contributed by atoms with E-state index in [-0.39, 0.29) is 5.60 Å². The number of nitrogens with one attached hydrogen (secondary N) is 1. The number of likely N-dealkylation sites (tertiary alicyclic amines) is 1. The Labute approximate surface area is 131 Å². The molecule has 22 heavy (non-hydrogen) atoms. The minimum atomic E-state index is -0.240. The molecular formula is C17H23N3O2. The first-order valence-electron chi connectivity index (χ1n) is 7.64. The zero-order chi connectivity index (χ0) is 15.4. The highest BCUT2D eigenvalue weighted by atomic mass is 16.5. The second-order valence-corrected chi connectivity index (χ2v) is 5.99. The van der Waals surface area contributed by atoms with Crippen molar-refractivity contribution >= 4 is 0 Å². The molecule has 0 radical (unpaired) electrons. The Hall–Kier alpha value is -1.85. The fourth-order valence-corrected chi connectivity index (χ4v) is 2.92. The molecule has 1 N–H and O–H groups in total. The van der Waals surface area contributed by atoms with Gasteiger partial charge in [0.2, 0.25) is 0 Å². The van der Waals surface area contributed by atoms with Crippen LogP contribution in [0.3, 0.4) is 0 Å². The van der Waals surface area contributed by atoms with Crippen LogP contribution in [0.2, 0.25) is 0 Å². The number of aromatic nitrogens is 2. The molecule has 118 valence electrons. The Bertz CT molecular complexity index is 600. The van der Waals surface area contributed by atoms with Crippen LogP contribution in [0.25, 0.3) is 0 Å². The van der Waals surface area contributed by atoms with Crippen LogP contribution in [0.5, 0.6) is 5.75 Å². The molecule has 3 rings (SSSR count). The molecule has 1 fully saturated rings. The average Bonchev–Trinajstić information content (AvgIpc) is 3.16. The second kappa shape index (κ2) is 6.50. The summed E-state index contributed by atoms with van der Waals surface area (Å²) in [6.07, 6.45) is 4.61. The van der Waals surface area contributed by atoms with E-state index in [0.29, 0.717) is 6.61 Å². The maximum Gasteiger partial charge on any atom is 0.120 e. The maximum absolute atomic E-state index is 5.97. The predicted molar refractivity (Wildman–Crippen MR) is 84.9 cm³/mol. The summed E-state index contributed by atoms with van der Waals surface area (Å²) in [4.78, 5) is 9.79. The van der Waals surface area contributed by atoms with Crippen molar-refractivity contribution in [3.63, 3.8) is 0 Å². The summed E-state index contributed by atoms with van der Waals surface area (Å²) in [5.74, 6) is 1.90. The van der Waals surface area contributed by atoms with Gasteiger partial charge in [0.1, 0.15) is 23.8 Å². The van der Waals surface area contributed by atoms with Crippen LogP contribution in [-0.2, 0) is 11.3 Å². The van der Waals surface area contributed by atoms with Gasteiger partial charge in [-0.3, -0.25) is 4.90 Å². The lowest BCUT2D eigenvalue weighted by molar-refractivity contribution is -0.0360. The van der Waals surface area contributed by atoms with E-state index in [0.717, 1.165) is 37.6 Å². The predicted octanol–water partition coefficient (Wildman–Crippen LogP) is 2.39. The van der Waals surface area contributed by atoms with Gasteiger partial charge in [0.25, 0.3) is 0 Å². The van der Waals surface area contributed by atoms with Gasteiger partial charge in [0.15, 0.2) is 0 Å². The Kier molecular flexibility index (Phi) is 4.45. The number of benzene rings is 1. The van der Waals surface area contributed by atoms with Gasteiger partial charge in [-0.25, -0.2) is 4.98 Å². The first kappa shape index (κ1) is 15.1. The number of rotatable bonds is 6. The lowest BCUT2D eigenvalue weighted by atomic mass is 10.0. The molecule has 2 aromatic rings. The number of ether oxygens (including phenoxy) is 2. The van der Waals surface area contributed by atoms with E-state index in [1.54, 1.807) is 13.3 Å². The number of nitrogens with zero attached hydrogens (tertiary/aromatic N) is 2. The van der Waals surface area contributed by atoms with E-state index in [1.165, 1.54) is 5.56 Å². The van der Waals surface area contributed by atoms with E-state index in [1.807, 2.05) is 18.3 Å². The molecule has 0 aliphatic carbocycles. The van der Waals surface area contributed by atoms with Crippen LogP contribution < -0.4 is 4.74 Å². The third-order valence-electron chi connectivity index (χ3n) is 4.25. The molecule has 0 unspecified atom stereocenters. The molecule has 1 atom stereocenters. The largest absolute Gasteiger partial charge is 0.491 e. The van der Waals surface area contributed by atoms with Crippen molar-refractivity contribution in [1.29, 1.82) is 0 Å². The van der Waals surface area contributed by atoms with Crippen LogP contribution in [0.1, 0.15) is 17.8 Å². The first-order chi connectivity index (χ1) is 10.7. The number of H-pyrrole nitrogens is 1. The Morgan fingerprint density at radius 2 is 2.32 bits per heavy atom. The summed E-state index contributed by atoms with van der Waals surface area (Å²) >= 11 is 0. The van der Waals surface area contributed by atoms with Gasteiger partial charge in [0, 0.05) is 32.6 Å². The van der Waals surface area contributed by atoms with Crippen molar-refractivity contribution in [1.82, 2.24) is 14.9 Å². The van der Waals surface area contributed by atoms with E-state index in [2.05, 4.69) is 33.9 Å². The number of aryl methyl sites for hydroxylation is 1. The molecule has 2 heterocycles. The quantitative estimate of drug-likeness (QED) is 0.890. The van der Waals surface area contributed by atoms with E-state index < -0.39 is 0 Å². The Morgan fingerprint density at radius 3 is 3.05 bits per heavy atom. The SMILES string of the molecule is CO[C@]1(COc2cccc(C)c2)CCN(Cc2ncc[nH]2)C1. The summed E-state index contributed by atoms with van der Waals surface area (Å²) in [5.41, 5.74) is 0.964. The molecule has 1 aliphatic rings. The van der Waals surface area contributed by atoms with Gasteiger partial charge >= 0.3 is 0 Å². The topological polar surface area (TPSA) is 50.4 Å². The zero-order valence-electron chi connectivity index (χ0n) is 13.2. The Morgan fingerprint density at radius 1 is 1.41 bits per heavy atom. The molecule has 5 heteroatoms. The van der Waals surface area contributed by atoms with Gasteiger partial charge in [-0.15, -0.1) is 0 Å². The van der Waals surface area contributed by atoms with Gasteiger partial charge in [-0.2, -0.15) is 0 Å². The van der Waals surface area contributed by atoms with Crippen LogP contribution in [0.4, 0.5) is 0 Å². The van der Waals surface area contributed by atoms with Crippen molar-refractivity contribution in [2.24, 2.45) is 0 Å². The van der Waals surface area contributed by atoms with Crippen molar-refractivity contribution in [3.05, 3.63) is 48.0 Å². The molecule has 0 spiro atoms. The highest BCUT2D eigenvalue weighted by Gasteiger charge is 2.39. The second-order valence-electron chi connectivity index (χ2n) is 5.99. The fraction of sp³-hybridized carbons (Fsp3) is 0.471. The first-order valence-corrected chi connectivity index (χ1v) is 7.64. The van der Waals surface area contributed by atoms with E-state index in [4.69, 9.17) is 9.47 Å². The summed E-state index contributed by atoms with van der Waals surface area (Å²) in [6, 6.07) is 8.13. The van der Waals surface area contributed by atoms with Crippen LogP contribution in [-0.4, -0.2) is 47.3 Å². The highest BCUT2D eigenvalue weighted by molar-refractivity contribution is 5.27. The van der Waals surface area contributed by atoms with Crippen molar-refractivity contribution in [2.45, 2.75) is 25.5 Å². The van der Waals surface area contributed by atoms with Gasteiger partial charge in [-0.1, -0.05) is 12.1 Å². The molecule has 0 amide bonds. The smallest absolute Gasteiger partial charge is 0.120 e. The molecule has 1 saturated heterocycles. The monoisotopic (exact) mass is 301 g/mol. The number of hydrogen-bond donors (Lipinski definition) is 1. The van der Waals surface area contributed by atoms with Gasteiger partial charge < -0.3 is 14.5 Å². The van der Waals surface area contributed by atoms with Crippen LogP contribution >= 0.6 is 0 Å². The minimum absolute atomic E-state index is 0.240. The van der Waals surface area contributed by atoms with Crippen molar-refractivity contribution in [2.75, 3.05) is 26.8 Å². The van der Waals surface area contributed by atoms with Crippen LogP contribution in [0.15, 0.2) is 36.7 Å². The summed E-state index contributed by atoms with van der Waals surface area (Å²) in [5, 5.41) is 0. The molecule has 1 aromatic carbocycles. The lowest BCUT2D eigenvalue weighted by Gasteiger charge is -2.28. The molecule has 1 aliphatic heterocycles. The van der Waals surface area contributed by atoms with Crippen LogP contribution in [0, 0.1) is 6.92 Å². The van der Waals surface area contributed by atoms with Crippen molar-refractivity contribution < 1.29 is 9.47 Å². The number of aromatic amines is 1. The number of imidazole rings is 1. The molecule has 1 aromatic heterocycles.